The first-order valence-corrected chi connectivity index (χ1v) is 5.62. The maximum atomic E-state index is 11.0. The molecule has 2 rings (SSSR count). The van der Waals surface area contributed by atoms with E-state index in [1.54, 1.807) is 12.1 Å². The Bertz CT molecular complexity index is 391. The van der Waals surface area contributed by atoms with E-state index in [2.05, 4.69) is 0 Å². The second-order valence-electron chi connectivity index (χ2n) is 4.11. The third-order valence-electron chi connectivity index (χ3n) is 2.86. The molecule has 0 spiro atoms. The molecule has 1 aliphatic heterocycles. The van der Waals surface area contributed by atoms with Crippen molar-refractivity contribution >= 4 is 11.8 Å². The number of hydrogen-bond acceptors (Lipinski definition) is 3. The van der Waals surface area contributed by atoms with Gasteiger partial charge in [0, 0.05) is 18.8 Å². The molecule has 3 N–H and O–H groups in total. The fourth-order valence-corrected chi connectivity index (χ4v) is 1.91. The topological polar surface area (TPSA) is 75.8 Å². The SMILES string of the molecule is Nc1ccc(C2CN(C(=O)O)CCCO2)cc1. The highest BCUT2D eigenvalue weighted by atomic mass is 16.5. The van der Waals surface area contributed by atoms with Crippen molar-refractivity contribution in [1.29, 1.82) is 0 Å². The highest BCUT2D eigenvalue weighted by Gasteiger charge is 2.23. The molecule has 1 fully saturated rings. The first kappa shape index (κ1) is 11.7. The fraction of sp³-hybridized carbons (Fsp3) is 0.417. The van der Waals surface area contributed by atoms with E-state index < -0.39 is 6.09 Å². The van der Waals surface area contributed by atoms with Gasteiger partial charge in [0.25, 0.3) is 0 Å². The average molecular weight is 236 g/mol. The molecule has 1 heterocycles. The highest BCUT2D eigenvalue weighted by molar-refractivity contribution is 5.65. The van der Waals surface area contributed by atoms with Gasteiger partial charge in [0.1, 0.15) is 6.10 Å². The summed E-state index contributed by atoms with van der Waals surface area (Å²) in [5.74, 6) is 0. The minimum absolute atomic E-state index is 0.200. The number of nitrogens with zero attached hydrogens (tertiary/aromatic N) is 1. The second kappa shape index (κ2) is 5.05. The van der Waals surface area contributed by atoms with Gasteiger partial charge in [-0.05, 0) is 24.1 Å². The molecule has 1 aromatic carbocycles. The van der Waals surface area contributed by atoms with Crippen molar-refractivity contribution in [3.63, 3.8) is 0 Å². The summed E-state index contributed by atoms with van der Waals surface area (Å²) in [6, 6.07) is 7.36. The Balaban J connectivity index is 2.13. The summed E-state index contributed by atoms with van der Waals surface area (Å²) in [5, 5.41) is 9.02. The van der Waals surface area contributed by atoms with Gasteiger partial charge in [0.15, 0.2) is 0 Å². The Morgan fingerprint density at radius 1 is 1.41 bits per heavy atom. The Kier molecular flexibility index (Phi) is 3.49. The van der Waals surface area contributed by atoms with E-state index in [1.165, 1.54) is 4.90 Å². The first-order chi connectivity index (χ1) is 8.16. The second-order valence-corrected chi connectivity index (χ2v) is 4.11. The van der Waals surface area contributed by atoms with Crippen LogP contribution in [0, 0.1) is 0 Å². The molecule has 1 atom stereocenters. The lowest BCUT2D eigenvalue weighted by Gasteiger charge is -2.21. The van der Waals surface area contributed by atoms with Gasteiger partial charge >= 0.3 is 6.09 Å². The summed E-state index contributed by atoms with van der Waals surface area (Å²) in [4.78, 5) is 12.4. The molecule has 17 heavy (non-hydrogen) atoms. The number of rotatable bonds is 1. The van der Waals surface area contributed by atoms with Crippen molar-refractivity contribution in [2.75, 3.05) is 25.4 Å². The largest absolute Gasteiger partial charge is 0.465 e. The van der Waals surface area contributed by atoms with Crippen LogP contribution in [0.1, 0.15) is 18.1 Å². The number of carbonyl (C=O) groups is 1. The van der Waals surface area contributed by atoms with Gasteiger partial charge in [0.05, 0.1) is 6.54 Å². The molecule has 1 amide bonds. The quantitative estimate of drug-likeness (QED) is 0.728. The first-order valence-electron chi connectivity index (χ1n) is 5.62. The summed E-state index contributed by atoms with van der Waals surface area (Å²) in [7, 11) is 0. The van der Waals surface area contributed by atoms with Gasteiger partial charge in [-0.25, -0.2) is 4.79 Å². The lowest BCUT2D eigenvalue weighted by Crippen LogP contribution is -2.32. The zero-order valence-electron chi connectivity index (χ0n) is 9.50. The van der Waals surface area contributed by atoms with E-state index >= 15 is 0 Å². The standard InChI is InChI=1S/C12H16N2O3/c13-10-4-2-9(3-5-10)11-8-14(12(15)16)6-1-7-17-11/h2-5,11H,1,6-8,13H2,(H,15,16). The van der Waals surface area contributed by atoms with Crippen molar-refractivity contribution in [2.24, 2.45) is 0 Å². The van der Waals surface area contributed by atoms with E-state index in [1.807, 2.05) is 12.1 Å². The third kappa shape index (κ3) is 2.88. The molecule has 5 nitrogen and oxygen atoms in total. The van der Waals surface area contributed by atoms with Crippen LogP contribution in [0.4, 0.5) is 10.5 Å². The molecule has 1 aromatic rings. The number of benzene rings is 1. The van der Waals surface area contributed by atoms with Crippen molar-refractivity contribution in [1.82, 2.24) is 4.90 Å². The van der Waals surface area contributed by atoms with Crippen LogP contribution in [0.25, 0.3) is 0 Å². The van der Waals surface area contributed by atoms with Crippen LogP contribution >= 0.6 is 0 Å². The molecule has 92 valence electrons. The summed E-state index contributed by atoms with van der Waals surface area (Å²) >= 11 is 0. The number of ether oxygens (including phenoxy) is 1. The van der Waals surface area contributed by atoms with Crippen LogP contribution in [0.5, 0.6) is 0 Å². The molecular formula is C12H16N2O3. The third-order valence-corrected chi connectivity index (χ3v) is 2.86. The molecule has 0 radical (unpaired) electrons. The smallest absolute Gasteiger partial charge is 0.407 e. The Morgan fingerprint density at radius 3 is 2.76 bits per heavy atom. The number of nitrogens with two attached hydrogens (primary N) is 1. The number of hydrogen-bond donors (Lipinski definition) is 2. The highest BCUT2D eigenvalue weighted by Crippen LogP contribution is 2.22. The Morgan fingerprint density at radius 2 is 2.12 bits per heavy atom. The van der Waals surface area contributed by atoms with E-state index in [0.717, 1.165) is 12.0 Å². The maximum absolute atomic E-state index is 11.0. The zero-order valence-corrected chi connectivity index (χ0v) is 9.50. The number of anilines is 1. The Hall–Kier alpha value is -1.75. The molecule has 0 aromatic heterocycles. The molecule has 5 heteroatoms. The van der Waals surface area contributed by atoms with Crippen LogP contribution < -0.4 is 5.73 Å². The minimum Gasteiger partial charge on any atom is -0.465 e. The van der Waals surface area contributed by atoms with Gasteiger partial charge in [0.2, 0.25) is 0 Å². The predicted molar refractivity (Wildman–Crippen MR) is 63.8 cm³/mol. The van der Waals surface area contributed by atoms with Crippen LogP contribution in [-0.2, 0) is 4.74 Å². The van der Waals surface area contributed by atoms with Gasteiger partial charge < -0.3 is 20.5 Å². The average Bonchev–Trinajstić information content (AvgIpc) is 2.55. The Labute approximate surface area is 99.8 Å². The summed E-state index contributed by atoms with van der Waals surface area (Å²) in [5.41, 5.74) is 7.27. The van der Waals surface area contributed by atoms with Gasteiger partial charge in [-0.2, -0.15) is 0 Å². The molecule has 0 bridgehead atoms. The van der Waals surface area contributed by atoms with E-state index in [0.29, 0.717) is 25.4 Å². The van der Waals surface area contributed by atoms with Crippen molar-refractivity contribution < 1.29 is 14.6 Å². The van der Waals surface area contributed by atoms with Gasteiger partial charge in [-0.3, -0.25) is 0 Å². The molecule has 1 unspecified atom stereocenters. The fourth-order valence-electron chi connectivity index (χ4n) is 1.91. The van der Waals surface area contributed by atoms with Gasteiger partial charge in [-0.15, -0.1) is 0 Å². The summed E-state index contributed by atoms with van der Waals surface area (Å²) in [6.45, 7) is 1.49. The number of nitrogen functional groups attached to an aromatic ring is 1. The van der Waals surface area contributed by atoms with Crippen LogP contribution in [0.3, 0.4) is 0 Å². The summed E-state index contributed by atoms with van der Waals surface area (Å²) < 4.78 is 5.66. The number of amides is 1. The van der Waals surface area contributed by atoms with E-state index in [9.17, 15) is 4.79 Å². The normalized spacial score (nSPS) is 20.9. The monoisotopic (exact) mass is 236 g/mol. The predicted octanol–water partition coefficient (Wildman–Crippen LogP) is 1.71. The van der Waals surface area contributed by atoms with E-state index in [-0.39, 0.29) is 6.10 Å². The molecule has 0 saturated carbocycles. The van der Waals surface area contributed by atoms with Crippen molar-refractivity contribution in [3.05, 3.63) is 29.8 Å². The molecule has 1 saturated heterocycles. The van der Waals surface area contributed by atoms with E-state index in [4.69, 9.17) is 15.6 Å². The zero-order chi connectivity index (χ0) is 12.3. The molecule has 1 aliphatic rings. The lowest BCUT2D eigenvalue weighted by molar-refractivity contribution is 0.0533. The van der Waals surface area contributed by atoms with Crippen molar-refractivity contribution in [3.8, 4) is 0 Å². The maximum Gasteiger partial charge on any atom is 0.407 e. The minimum atomic E-state index is -0.893. The van der Waals surface area contributed by atoms with Crippen molar-refractivity contribution in [2.45, 2.75) is 12.5 Å². The lowest BCUT2D eigenvalue weighted by atomic mass is 10.1. The summed E-state index contributed by atoms with van der Waals surface area (Å²) in [6.07, 6.45) is -0.359. The molecular weight excluding hydrogens is 220 g/mol. The van der Waals surface area contributed by atoms with Crippen LogP contribution in [0.15, 0.2) is 24.3 Å². The molecule has 0 aliphatic carbocycles. The van der Waals surface area contributed by atoms with Crippen LogP contribution in [-0.4, -0.2) is 35.8 Å². The number of carboxylic acid groups (broad SMARTS) is 1. The van der Waals surface area contributed by atoms with Gasteiger partial charge in [-0.1, -0.05) is 12.1 Å². The van der Waals surface area contributed by atoms with Crippen LogP contribution in [0.2, 0.25) is 0 Å².